The Kier molecular flexibility index (Phi) is 17.2. The van der Waals surface area contributed by atoms with Crippen LogP contribution in [0.25, 0.3) is 0 Å². The number of ether oxygens (including phenoxy) is 6. The van der Waals surface area contributed by atoms with E-state index in [4.69, 9.17) is 28.4 Å². The van der Waals surface area contributed by atoms with Crippen molar-refractivity contribution in [3.63, 3.8) is 0 Å². The first-order valence-corrected chi connectivity index (χ1v) is 28.9. The van der Waals surface area contributed by atoms with Crippen LogP contribution in [0, 0.1) is 50.2 Å². The average molecular weight is 1150 g/mol. The van der Waals surface area contributed by atoms with Gasteiger partial charge in [-0.3, -0.25) is 19.2 Å². The van der Waals surface area contributed by atoms with Gasteiger partial charge in [0.1, 0.15) is 48.7 Å². The number of aliphatic hydroxyl groups is 5. The zero-order chi connectivity index (χ0) is 59.6. The van der Waals surface area contributed by atoms with Crippen LogP contribution in [-0.4, -0.2) is 160 Å². The quantitative estimate of drug-likeness (QED) is 0.0927. The molecule has 2 heterocycles. The normalized spacial score (nSPS) is 41.1. The van der Waals surface area contributed by atoms with Crippen LogP contribution in [0.4, 0.5) is 0 Å². The van der Waals surface area contributed by atoms with E-state index < -0.39 is 137 Å². The highest BCUT2D eigenvalue weighted by molar-refractivity contribution is 5.96. The summed E-state index contributed by atoms with van der Waals surface area (Å²) in [5.41, 5.74) is -0.852. The van der Waals surface area contributed by atoms with Gasteiger partial charge < -0.3 is 69.7 Å². The molecule has 2 amide bonds. The second kappa shape index (κ2) is 23.0. The Morgan fingerprint density at radius 1 is 0.634 bits per heavy atom. The van der Waals surface area contributed by atoms with Gasteiger partial charge in [0.25, 0.3) is 11.8 Å². The lowest BCUT2D eigenvalue weighted by molar-refractivity contribution is -0.369. The van der Waals surface area contributed by atoms with Crippen molar-refractivity contribution in [3.8, 4) is 0 Å². The molecule has 21 atom stereocenters. The lowest BCUT2D eigenvalue weighted by atomic mass is 9.33. The number of carboxylic acid groups (broad SMARTS) is 1. The van der Waals surface area contributed by atoms with E-state index in [1.54, 1.807) is 60.7 Å². The second-order valence-electron chi connectivity index (χ2n) is 26.5. The number of fused-ring (bicyclic) bond motifs is 7. The molecule has 2 aromatic carbocycles. The molecular formula is C62H84N2O18. The van der Waals surface area contributed by atoms with Gasteiger partial charge in [0.2, 0.25) is 0 Å². The molecule has 0 bridgehead atoms. The third-order valence-corrected chi connectivity index (χ3v) is 21.4. The van der Waals surface area contributed by atoms with Crippen molar-refractivity contribution in [2.75, 3.05) is 14.2 Å². The monoisotopic (exact) mass is 1140 g/mol. The molecule has 6 fully saturated rings. The van der Waals surface area contributed by atoms with Gasteiger partial charge in [0.05, 0.1) is 25.7 Å². The highest BCUT2D eigenvalue weighted by Gasteiger charge is 2.71. The lowest BCUT2D eigenvalue weighted by Gasteiger charge is -2.70. The van der Waals surface area contributed by atoms with Crippen LogP contribution in [0.5, 0.6) is 0 Å². The van der Waals surface area contributed by atoms with Crippen molar-refractivity contribution in [1.29, 1.82) is 0 Å². The summed E-state index contributed by atoms with van der Waals surface area (Å²) in [7, 11) is 2.29. The highest BCUT2D eigenvalue weighted by atomic mass is 16.8. The molecule has 0 radical (unpaired) electrons. The predicted octanol–water partition coefficient (Wildman–Crippen LogP) is 3.88. The summed E-state index contributed by atoms with van der Waals surface area (Å²) in [6, 6.07) is 14.9. The number of ketones is 1. The fraction of sp³-hybridized carbons (Fsp3) is 0.677. The number of rotatable bonds is 15. The van der Waals surface area contributed by atoms with E-state index >= 15 is 4.79 Å². The number of aliphatic hydroxyl groups excluding tert-OH is 5. The van der Waals surface area contributed by atoms with Crippen LogP contribution in [0.3, 0.4) is 0 Å². The molecule has 2 aliphatic heterocycles. The summed E-state index contributed by atoms with van der Waals surface area (Å²) in [6.45, 7) is 14.9. The second-order valence-corrected chi connectivity index (χ2v) is 26.5. The molecule has 20 nitrogen and oxygen atoms in total. The van der Waals surface area contributed by atoms with E-state index in [0.717, 1.165) is 39.1 Å². The smallest absolute Gasteiger partial charge is 0.328 e. The van der Waals surface area contributed by atoms with Crippen molar-refractivity contribution in [1.82, 2.24) is 10.6 Å². The number of hydrogen-bond donors (Lipinski definition) is 8. The first kappa shape index (κ1) is 61.4. The van der Waals surface area contributed by atoms with E-state index in [2.05, 4.69) is 38.3 Å². The van der Waals surface area contributed by atoms with Crippen LogP contribution in [0.15, 0.2) is 72.3 Å². The molecule has 5 aliphatic carbocycles. The zero-order valence-corrected chi connectivity index (χ0v) is 48.4. The Balaban J connectivity index is 1.01. The Bertz CT molecular complexity index is 2760. The van der Waals surface area contributed by atoms with Crippen LogP contribution in [0.2, 0.25) is 0 Å². The number of allylic oxidation sites excluding steroid dienone is 2. The van der Waals surface area contributed by atoms with Gasteiger partial charge in [-0.1, -0.05) is 108 Å². The van der Waals surface area contributed by atoms with Crippen LogP contribution in [0.1, 0.15) is 117 Å². The lowest BCUT2D eigenvalue weighted by Crippen LogP contribution is -2.69. The number of carbonyl (C=O) groups excluding carboxylic acids is 5. The summed E-state index contributed by atoms with van der Waals surface area (Å²) in [4.78, 5) is 82.4. The summed E-state index contributed by atoms with van der Waals surface area (Å²) < 4.78 is 35.5. The SMILES string of the molecule is COC(=O)[C@H](Cc1ccccc1)NC(=O)[C@H]1O[C@@H](O[C@H]2[C@H](O[C@H]3CC[C@]4(C)[C@H]5C(=O)C=C6[C@@H]7C[C@@](C)(C(=O)O)CC[C@]7(C)CC[C@@]6(C)[C@]5(C)CC[C@H]4C3(C)C)O[C@H](C(=O)N[C@@H](Cc3ccccc3)C(=O)OC)[C@@H](O)[C@@H]2O)[C@H](O)[C@@H](O)[C@@H]1O. The molecule has 8 N–H and O–H groups in total. The summed E-state index contributed by atoms with van der Waals surface area (Å²) in [5, 5.41) is 73.5. The number of carboxylic acids is 1. The minimum atomic E-state index is -2.11. The van der Waals surface area contributed by atoms with Gasteiger partial charge in [0.15, 0.2) is 30.6 Å². The summed E-state index contributed by atoms with van der Waals surface area (Å²) >= 11 is 0. The molecule has 2 saturated heterocycles. The Hall–Kier alpha value is -5.16. The number of nitrogens with one attached hydrogen (secondary N) is 2. The molecule has 450 valence electrons. The van der Waals surface area contributed by atoms with Gasteiger partial charge >= 0.3 is 17.9 Å². The number of aliphatic carboxylic acids is 1. The summed E-state index contributed by atoms with van der Waals surface area (Å²) in [5.74, 6) is -5.15. The van der Waals surface area contributed by atoms with E-state index in [1.165, 1.54) is 0 Å². The van der Waals surface area contributed by atoms with Crippen LogP contribution < -0.4 is 10.6 Å². The fourth-order valence-corrected chi connectivity index (χ4v) is 16.3. The predicted molar refractivity (Wildman–Crippen MR) is 292 cm³/mol. The van der Waals surface area contributed by atoms with Gasteiger partial charge in [-0.15, -0.1) is 0 Å². The molecule has 0 unspecified atom stereocenters. The molecule has 0 spiro atoms. The van der Waals surface area contributed by atoms with Gasteiger partial charge in [-0.05, 0) is 121 Å². The van der Waals surface area contributed by atoms with Gasteiger partial charge in [-0.2, -0.15) is 0 Å². The zero-order valence-electron chi connectivity index (χ0n) is 48.4. The molecule has 7 aliphatic rings. The number of methoxy groups -OCH3 is 2. The Morgan fingerprint density at radius 3 is 1.70 bits per heavy atom. The maximum absolute atomic E-state index is 15.2. The van der Waals surface area contributed by atoms with E-state index in [1.807, 2.05) is 26.8 Å². The molecule has 20 heteroatoms. The standard InChI is InChI=1S/C62H84N2O18/c1-57(2)39-20-23-62(7)49(38(65)30-34-35-31-59(4,56(75)76)25-24-58(35,3)26-27-61(34,62)6)60(39,5)22-21-40(57)79-55-48(44(69)43(68)47(81-55)51(72)64-37(53(74)78-9)29-33-18-14-11-15-19-33)82-54-45(70)41(66)42(67)46(80-54)50(71)63-36(52(73)77-8)28-32-16-12-10-13-17-32/h10-19,30,35-37,39-49,54-55,66-70H,20-29,31H2,1-9H3,(H,63,71)(H,64,72)(H,75,76)/t35-,36-,37-,39-,40-,41-,42-,43-,44-,45+,46-,47-,48+,49+,54-,55+,58+,59-,60-,61+,62+/m0/s1. The molecule has 2 aromatic rings. The van der Waals surface area contributed by atoms with E-state index in [-0.39, 0.29) is 41.3 Å². The molecule has 4 saturated carbocycles. The Morgan fingerprint density at radius 2 is 1.16 bits per heavy atom. The van der Waals surface area contributed by atoms with Crippen molar-refractivity contribution in [2.24, 2.45) is 50.2 Å². The molecule has 9 rings (SSSR count). The number of esters is 2. The highest BCUT2D eigenvalue weighted by Crippen LogP contribution is 2.75. The number of benzene rings is 2. The van der Waals surface area contributed by atoms with E-state index in [9.17, 15) is 54.6 Å². The minimum absolute atomic E-state index is 0.0118. The average Bonchev–Trinajstić information content (AvgIpc) is 3.63. The number of hydrogen-bond acceptors (Lipinski definition) is 17. The first-order chi connectivity index (χ1) is 38.6. The fourth-order valence-electron chi connectivity index (χ4n) is 16.3. The third-order valence-electron chi connectivity index (χ3n) is 21.4. The topological polar surface area (TPSA) is 303 Å². The maximum Gasteiger partial charge on any atom is 0.328 e. The first-order valence-electron chi connectivity index (χ1n) is 28.9. The van der Waals surface area contributed by atoms with Crippen molar-refractivity contribution < 1.29 is 87.8 Å². The van der Waals surface area contributed by atoms with Crippen molar-refractivity contribution in [3.05, 3.63) is 83.4 Å². The molecular weight excluding hydrogens is 1060 g/mol. The Labute approximate surface area is 479 Å². The van der Waals surface area contributed by atoms with E-state index in [0.29, 0.717) is 49.7 Å². The maximum atomic E-state index is 15.2. The largest absolute Gasteiger partial charge is 0.481 e. The van der Waals surface area contributed by atoms with Gasteiger partial charge in [0, 0.05) is 18.8 Å². The third kappa shape index (κ3) is 10.7. The molecule has 82 heavy (non-hydrogen) atoms. The van der Waals surface area contributed by atoms with Crippen molar-refractivity contribution >= 4 is 35.5 Å². The summed E-state index contributed by atoms with van der Waals surface area (Å²) in [6.07, 6.45) is -13.2. The van der Waals surface area contributed by atoms with Gasteiger partial charge in [-0.25, -0.2) is 9.59 Å². The van der Waals surface area contributed by atoms with Crippen LogP contribution in [-0.2, 0) is 70.0 Å². The number of amides is 2. The number of carbonyl (C=O) groups is 6. The minimum Gasteiger partial charge on any atom is -0.481 e. The molecule has 0 aromatic heterocycles. The van der Waals surface area contributed by atoms with Crippen LogP contribution >= 0.6 is 0 Å². The van der Waals surface area contributed by atoms with Crippen molar-refractivity contribution in [2.45, 2.75) is 199 Å².